The molecule has 2 unspecified atom stereocenters. The second kappa shape index (κ2) is 5.97. The highest BCUT2D eigenvalue weighted by Crippen LogP contribution is 2.05. The van der Waals surface area contributed by atoms with E-state index < -0.39 is 24.1 Å². The molecule has 0 saturated carbocycles. The van der Waals surface area contributed by atoms with Crippen LogP contribution in [-0.4, -0.2) is 24.1 Å². The van der Waals surface area contributed by atoms with Crippen LogP contribution in [-0.2, 0) is 20.9 Å². The van der Waals surface area contributed by atoms with E-state index in [0.717, 1.165) is 0 Å². The Morgan fingerprint density at radius 2 is 1.76 bits per heavy atom. The zero-order valence-electron chi connectivity index (χ0n) is 8.87. The Labute approximate surface area is 97.6 Å². The first-order valence-electron chi connectivity index (χ1n) is 4.85. The number of hydrogen-bond donors (Lipinski definition) is 1. The van der Waals surface area contributed by atoms with Gasteiger partial charge in [-0.05, 0) is 5.56 Å². The van der Waals surface area contributed by atoms with Crippen molar-refractivity contribution in [3.05, 3.63) is 35.9 Å². The lowest BCUT2D eigenvalue weighted by atomic mass is 10.1. The Balaban J connectivity index is 2.63. The predicted molar refractivity (Wildman–Crippen MR) is 53.0 cm³/mol. The van der Waals surface area contributed by atoms with Crippen molar-refractivity contribution < 1.29 is 24.5 Å². The number of benzene rings is 1. The van der Waals surface area contributed by atoms with Gasteiger partial charge in [-0.2, -0.15) is 0 Å². The third kappa shape index (κ3) is 3.86. The van der Waals surface area contributed by atoms with Crippen LogP contribution in [0.1, 0.15) is 5.56 Å². The van der Waals surface area contributed by atoms with Crippen LogP contribution in [0.25, 0.3) is 0 Å². The molecule has 1 aromatic rings. The minimum Gasteiger partial charge on any atom is -0.548 e. The molecule has 2 atom stereocenters. The highest BCUT2D eigenvalue weighted by Gasteiger charge is 2.20. The summed E-state index contributed by atoms with van der Waals surface area (Å²) in [5.41, 5.74) is 5.82. The number of rotatable bonds is 6. The molecule has 0 amide bonds. The number of aliphatic carboxylic acids is 2. The Hall–Kier alpha value is -1.92. The van der Waals surface area contributed by atoms with E-state index in [1.54, 1.807) is 30.3 Å². The van der Waals surface area contributed by atoms with Gasteiger partial charge in [0.15, 0.2) is 0 Å². The molecule has 1 aromatic carbocycles. The molecule has 0 bridgehead atoms. The molecule has 0 aromatic heterocycles. The number of carboxylic acid groups (broad SMARTS) is 2. The summed E-state index contributed by atoms with van der Waals surface area (Å²) < 4.78 is 4.90. The van der Waals surface area contributed by atoms with Crippen molar-refractivity contribution in [3.8, 4) is 0 Å². The largest absolute Gasteiger partial charge is 0.548 e. The molecule has 92 valence electrons. The van der Waals surface area contributed by atoms with Crippen LogP contribution in [0, 0.1) is 0 Å². The molecule has 0 saturated heterocycles. The highest BCUT2D eigenvalue weighted by atomic mass is 16.5. The number of carbonyl (C=O) groups excluding carboxylic acids is 2. The van der Waals surface area contributed by atoms with Gasteiger partial charge in [-0.15, -0.1) is 0 Å². The molecule has 6 heteroatoms. The third-order valence-corrected chi connectivity index (χ3v) is 2.10. The Morgan fingerprint density at radius 3 is 2.24 bits per heavy atom. The third-order valence-electron chi connectivity index (χ3n) is 2.10. The van der Waals surface area contributed by atoms with Gasteiger partial charge in [0, 0.05) is 0 Å². The fraction of sp³-hybridized carbons (Fsp3) is 0.273. The first-order valence-corrected chi connectivity index (χ1v) is 4.85. The Bertz CT molecular complexity index is 392. The van der Waals surface area contributed by atoms with E-state index in [-0.39, 0.29) is 6.61 Å². The summed E-state index contributed by atoms with van der Waals surface area (Å²) in [6, 6.07) is 6.92. The second-order valence-corrected chi connectivity index (χ2v) is 3.38. The number of hydrogen-bond acceptors (Lipinski definition) is 6. The van der Waals surface area contributed by atoms with Crippen LogP contribution in [0.5, 0.6) is 0 Å². The lowest BCUT2D eigenvalue weighted by Crippen LogP contribution is -2.56. The maximum Gasteiger partial charge on any atom is 0.118 e. The standard InChI is InChI=1S/C11H13NO5/c12-8(10(13)14)9(11(15)16)17-6-7-4-2-1-3-5-7/h1-5,8-9H,6,12H2,(H,13,14)(H,15,16)/p-2. The van der Waals surface area contributed by atoms with Crippen LogP contribution in [0.15, 0.2) is 30.3 Å². The van der Waals surface area contributed by atoms with Crippen LogP contribution < -0.4 is 15.9 Å². The topological polar surface area (TPSA) is 116 Å². The van der Waals surface area contributed by atoms with Gasteiger partial charge in [-0.25, -0.2) is 0 Å². The van der Waals surface area contributed by atoms with Crippen molar-refractivity contribution in [1.29, 1.82) is 0 Å². The molecule has 6 nitrogen and oxygen atoms in total. The molecule has 0 radical (unpaired) electrons. The normalized spacial score (nSPS) is 13.9. The molecule has 0 aliphatic carbocycles. The maximum absolute atomic E-state index is 10.7. The quantitative estimate of drug-likeness (QED) is 0.580. The lowest BCUT2D eigenvalue weighted by Gasteiger charge is -2.25. The molecule has 2 N–H and O–H groups in total. The van der Waals surface area contributed by atoms with Crippen LogP contribution in [0.4, 0.5) is 0 Å². The molecule has 1 rings (SSSR count). The number of carbonyl (C=O) groups is 2. The van der Waals surface area contributed by atoms with Gasteiger partial charge in [0.1, 0.15) is 6.10 Å². The monoisotopic (exact) mass is 237 g/mol. The van der Waals surface area contributed by atoms with Gasteiger partial charge in [0.2, 0.25) is 0 Å². The molecule has 0 aliphatic heterocycles. The number of nitrogens with two attached hydrogens (primary N) is 1. The Morgan fingerprint density at radius 1 is 1.18 bits per heavy atom. The molecular weight excluding hydrogens is 226 g/mol. The zero-order chi connectivity index (χ0) is 12.8. The minimum absolute atomic E-state index is 0.0690. The zero-order valence-corrected chi connectivity index (χ0v) is 8.87. The summed E-state index contributed by atoms with van der Waals surface area (Å²) in [6.45, 7) is -0.0690. The van der Waals surface area contributed by atoms with Crippen LogP contribution in [0.2, 0.25) is 0 Å². The highest BCUT2D eigenvalue weighted by molar-refractivity contribution is 5.82. The van der Waals surface area contributed by atoms with Gasteiger partial charge in [-0.3, -0.25) is 0 Å². The maximum atomic E-state index is 10.7. The Kier molecular flexibility index (Phi) is 4.62. The minimum atomic E-state index is -1.76. The van der Waals surface area contributed by atoms with Crippen molar-refractivity contribution in [3.63, 3.8) is 0 Å². The molecule has 0 aliphatic rings. The fourth-order valence-electron chi connectivity index (χ4n) is 1.20. The smallest absolute Gasteiger partial charge is 0.118 e. The number of carboxylic acids is 2. The van der Waals surface area contributed by atoms with Crippen molar-refractivity contribution in [1.82, 2.24) is 0 Å². The molecule has 0 fully saturated rings. The second-order valence-electron chi connectivity index (χ2n) is 3.38. The average Bonchev–Trinajstić information content (AvgIpc) is 2.29. The molecule has 0 spiro atoms. The van der Waals surface area contributed by atoms with E-state index in [2.05, 4.69) is 0 Å². The van der Waals surface area contributed by atoms with Crippen LogP contribution in [0.3, 0.4) is 0 Å². The summed E-state index contributed by atoms with van der Waals surface area (Å²) >= 11 is 0. The summed E-state index contributed by atoms with van der Waals surface area (Å²) in [7, 11) is 0. The molecular formula is C11H11NO5-2. The van der Waals surface area contributed by atoms with Crippen molar-refractivity contribution >= 4 is 11.9 Å². The van der Waals surface area contributed by atoms with E-state index in [9.17, 15) is 19.8 Å². The lowest BCUT2D eigenvalue weighted by molar-refractivity contribution is -0.327. The van der Waals surface area contributed by atoms with Crippen molar-refractivity contribution in [2.24, 2.45) is 5.73 Å². The predicted octanol–water partition coefficient (Wildman–Crippen LogP) is -2.60. The first-order chi connectivity index (χ1) is 8.02. The van der Waals surface area contributed by atoms with Crippen molar-refractivity contribution in [2.45, 2.75) is 18.8 Å². The summed E-state index contributed by atoms with van der Waals surface area (Å²) in [4.78, 5) is 21.1. The SMILES string of the molecule is NC(C(=O)[O-])C(OCc1ccccc1)C(=O)[O-]. The summed E-state index contributed by atoms with van der Waals surface area (Å²) in [6.07, 6.45) is -1.74. The van der Waals surface area contributed by atoms with E-state index >= 15 is 0 Å². The van der Waals surface area contributed by atoms with Gasteiger partial charge in [-0.1, -0.05) is 30.3 Å². The van der Waals surface area contributed by atoms with E-state index in [1.807, 2.05) is 0 Å². The van der Waals surface area contributed by atoms with Gasteiger partial charge in [0.25, 0.3) is 0 Å². The van der Waals surface area contributed by atoms with E-state index in [4.69, 9.17) is 10.5 Å². The summed E-state index contributed by atoms with van der Waals surface area (Å²) in [5.74, 6) is -3.38. The number of ether oxygens (including phenoxy) is 1. The fourth-order valence-corrected chi connectivity index (χ4v) is 1.20. The van der Waals surface area contributed by atoms with E-state index in [0.29, 0.717) is 5.56 Å². The van der Waals surface area contributed by atoms with Gasteiger partial charge < -0.3 is 30.3 Å². The van der Waals surface area contributed by atoms with E-state index in [1.165, 1.54) is 0 Å². The average molecular weight is 237 g/mol. The first kappa shape index (κ1) is 13.1. The van der Waals surface area contributed by atoms with Gasteiger partial charge in [0.05, 0.1) is 24.6 Å². The van der Waals surface area contributed by atoms with Gasteiger partial charge >= 0.3 is 0 Å². The summed E-state index contributed by atoms with van der Waals surface area (Å²) in [5, 5.41) is 21.1. The van der Waals surface area contributed by atoms with Crippen molar-refractivity contribution in [2.75, 3.05) is 0 Å². The molecule has 17 heavy (non-hydrogen) atoms. The van der Waals surface area contributed by atoms with Crippen LogP contribution >= 0.6 is 0 Å². The molecule has 0 heterocycles.